The number of fused-ring (bicyclic) bond motifs is 3. The van der Waals surface area contributed by atoms with Crippen LogP contribution in [0.25, 0.3) is 0 Å². The molecule has 19 heavy (non-hydrogen) atoms. The molecule has 0 aromatic rings. The highest BCUT2D eigenvalue weighted by Crippen LogP contribution is 2.14. The maximum atomic E-state index is 5.01. The molecule has 3 fully saturated rings. The lowest BCUT2D eigenvalue weighted by Crippen LogP contribution is -2.63. The van der Waals surface area contributed by atoms with Crippen LogP contribution in [0, 0.1) is 0 Å². The number of guanidine groups is 1. The molecular formula is C12H26IN5O. The van der Waals surface area contributed by atoms with Crippen molar-refractivity contribution in [3.63, 3.8) is 0 Å². The Kier molecular flexibility index (Phi) is 7.96. The number of hydrogen-bond acceptors (Lipinski definition) is 4. The van der Waals surface area contributed by atoms with Gasteiger partial charge in [-0.2, -0.15) is 0 Å². The van der Waals surface area contributed by atoms with Gasteiger partial charge in [0.25, 0.3) is 0 Å². The Morgan fingerprint density at radius 3 is 2.53 bits per heavy atom. The van der Waals surface area contributed by atoms with Gasteiger partial charge < -0.3 is 15.4 Å². The van der Waals surface area contributed by atoms with Crippen molar-refractivity contribution < 1.29 is 4.74 Å². The molecule has 2 N–H and O–H groups in total. The molecule has 3 heterocycles. The average molecular weight is 383 g/mol. The lowest BCUT2D eigenvalue weighted by atomic mass is 10.1. The molecule has 0 radical (unpaired) electrons. The Balaban J connectivity index is 0.00000180. The van der Waals surface area contributed by atoms with E-state index in [1.807, 2.05) is 0 Å². The number of hydrogen-bond donors (Lipinski definition) is 2. The van der Waals surface area contributed by atoms with Crippen LogP contribution < -0.4 is 10.6 Å². The minimum absolute atomic E-state index is 0. The summed E-state index contributed by atoms with van der Waals surface area (Å²) in [6, 6.07) is 0.619. The second-order valence-electron chi connectivity index (χ2n) is 4.86. The smallest absolute Gasteiger partial charge is 0.191 e. The number of aliphatic imine (C=N–C) groups is 1. The van der Waals surface area contributed by atoms with Gasteiger partial charge in [-0.15, -0.1) is 24.0 Å². The fraction of sp³-hybridized carbons (Fsp3) is 0.917. The van der Waals surface area contributed by atoms with Crippen LogP contribution in [0.1, 0.15) is 0 Å². The third-order valence-electron chi connectivity index (χ3n) is 3.72. The van der Waals surface area contributed by atoms with Gasteiger partial charge in [-0.05, 0) is 0 Å². The molecule has 112 valence electrons. The van der Waals surface area contributed by atoms with Crippen LogP contribution in [-0.2, 0) is 4.74 Å². The second kappa shape index (κ2) is 8.93. The van der Waals surface area contributed by atoms with Crippen molar-refractivity contribution in [1.82, 2.24) is 20.4 Å². The monoisotopic (exact) mass is 383 g/mol. The largest absolute Gasteiger partial charge is 0.383 e. The van der Waals surface area contributed by atoms with E-state index in [2.05, 4.69) is 25.4 Å². The first kappa shape index (κ1) is 16.9. The first-order valence-corrected chi connectivity index (χ1v) is 6.73. The van der Waals surface area contributed by atoms with Crippen LogP contribution in [0.3, 0.4) is 0 Å². The summed E-state index contributed by atoms with van der Waals surface area (Å²) in [6.45, 7) is 8.52. The molecule has 0 aromatic carbocycles. The van der Waals surface area contributed by atoms with Crippen molar-refractivity contribution in [2.45, 2.75) is 6.04 Å². The van der Waals surface area contributed by atoms with Gasteiger partial charge in [0.2, 0.25) is 0 Å². The highest BCUT2D eigenvalue weighted by Gasteiger charge is 2.31. The third-order valence-corrected chi connectivity index (χ3v) is 3.72. The number of ether oxygens (including phenoxy) is 1. The van der Waals surface area contributed by atoms with Gasteiger partial charge in [-0.3, -0.25) is 14.8 Å². The molecule has 2 bridgehead atoms. The van der Waals surface area contributed by atoms with Crippen LogP contribution in [-0.4, -0.2) is 88.4 Å². The van der Waals surface area contributed by atoms with Crippen molar-refractivity contribution in [3.05, 3.63) is 0 Å². The molecule has 7 heteroatoms. The second-order valence-corrected chi connectivity index (χ2v) is 4.86. The van der Waals surface area contributed by atoms with Gasteiger partial charge >= 0.3 is 0 Å². The van der Waals surface area contributed by atoms with E-state index in [0.29, 0.717) is 12.6 Å². The Hall–Kier alpha value is -0.120. The number of nitrogens with zero attached hydrogens (tertiary/aromatic N) is 3. The SMILES string of the molecule is CN=C(NCCOC)NCC1CN2CCN1CC2.I. The maximum absolute atomic E-state index is 5.01. The van der Waals surface area contributed by atoms with Crippen molar-refractivity contribution in [2.24, 2.45) is 4.99 Å². The molecule has 3 aliphatic heterocycles. The van der Waals surface area contributed by atoms with Gasteiger partial charge in [0.1, 0.15) is 0 Å². The van der Waals surface area contributed by atoms with Crippen molar-refractivity contribution in [1.29, 1.82) is 0 Å². The topological polar surface area (TPSA) is 52.1 Å². The highest BCUT2D eigenvalue weighted by molar-refractivity contribution is 14.0. The summed E-state index contributed by atoms with van der Waals surface area (Å²) in [5.41, 5.74) is 0. The molecule has 0 amide bonds. The Bertz CT molecular complexity index is 281. The minimum Gasteiger partial charge on any atom is -0.383 e. The van der Waals surface area contributed by atoms with Gasteiger partial charge in [0, 0.05) is 66.0 Å². The predicted octanol–water partition coefficient (Wildman–Crippen LogP) is -0.584. The molecule has 1 atom stereocenters. The first-order chi connectivity index (χ1) is 8.83. The normalized spacial score (nSPS) is 29.8. The van der Waals surface area contributed by atoms with Gasteiger partial charge in [-0.1, -0.05) is 0 Å². The van der Waals surface area contributed by atoms with E-state index in [9.17, 15) is 0 Å². The van der Waals surface area contributed by atoms with Gasteiger partial charge in [-0.25, -0.2) is 0 Å². The summed E-state index contributed by atoms with van der Waals surface area (Å²) in [7, 11) is 3.51. The van der Waals surface area contributed by atoms with Gasteiger partial charge in [0.15, 0.2) is 5.96 Å². The Labute approximate surface area is 133 Å². The number of rotatable bonds is 5. The highest BCUT2D eigenvalue weighted by atomic mass is 127. The van der Waals surface area contributed by atoms with Crippen LogP contribution in [0.2, 0.25) is 0 Å². The van der Waals surface area contributed by atoms with E-state index >= 15 is 0 Å². The van der Waals surface area contributed by atoms with E-state index in [4.69, 9.17) is 4.74 Å². The molecule has 0 aliphatic carbocycles. The van der Waals surface area contributed by atoms with Crippen LogP contribution in [0.4, 0.5) is 0 Å². The molecule has 3 saturated heterocycles. The zero-order valence-corrected chi connectivity index (χ0v) is 14.2. The summed E-state index contributed by atoms with van der Waals surface area (Å²) in [5.74, 6) is 0.865. The first-order valence-electron chi connectivity index (χ1n) is 6.73. The zero-order valence-electron chi connectivity index (χ0n) is 11.9. The quantitative estimate of drug-likeness (QED) is 0.288. The molecular weight excluding hydrogens is 357 g/mol. The average Bonchev–Trinajstić information content (AvgIpc) is 2.44. The zero-order chi connectivity index (χ0) is 12.8. The third kappa shape index (κ3) is 5.05. The Morgan fingerprint density at radius 1 is 1.26 bits per heavy atom. The lowest BCUT2D eigenvalue weighted by molar-refractivity contribution is 0.0154. The van der Waals surface area contributed by atoms with Crippen molar-refractivity contribution in [3.8, 4) is 0 Å². The fourth-order valence-corrected chi connectivity index (χ4v) is 2.62. The number of nitrogens with one attached hydrogen (secondary N) is 2. The fourth-order valence-electron chi connectivity index (χ4n) is 2.62. The lowest BCUT2D eigenvalue weighted by Gasteiger charge is -2.47. The van der Waals surface area contributed by atoms with Gasteiger partial charge in [0.05, 0.1) is 6.61 Å². The molecule has 6 nitrogen and oxygen atoms in total. The maximum Gasteiger partial charge on any atom is 0.191 e. The summed E-state index contributed by atoms with van der Waals surface area (Å²) in [5, 5.41) is 6.63. The summed E-state index contributed by atoms with van der Waals surface area (Å²) in [4.78, 5) is 9.34. The van der Waals surface area contributed by atoms with Crippen LogP contribution in [0.15, 0.2) is 4.99 Å². The molecule has 3 aliphatic rings. The predicted molar refractivity (Wildman–Crippen MR) is 88.5 cm³/mol. The molecule has 0 aromatic heterocycles. The number of methoxy groups -OCH3 is 1. The van der Waals surface area contributed by atoms with E-state index in [-0.39, 0.29) is 24.0 Å². The minimum atomic E-state index is 0. The molecule has 0 spiro atoms. The molecule has 3 rings (SSSR count). The molecule has 0 saturated carbocycles. The Morgan fingerprint density at radius 2 is 2.00 bits per heavy atom. The van der Waals surface area contributed by atoms with E-state index in [1.165, 1.54) is 32.7 Å². The van der Waals surface area contributed by atoms with Crippen molar-refractivity contribution in [2.75, 3.05) is 66.6 Å². The standard InChI is InChI=1S/C12H25N5O.HI/c1-13-12(14-3-8-18-2)15-9-11-10-16-4-6-17(11)7-5-16;/h11H,3-10H2,1-2H3,(H2,13,14,15);1H. The van der Waals surface area contributed by atoms with E-state index in [0.717, 1.165) is 19.0 Å². The summed E-state index contributed by atoms with van der Waals surface area (Å²) in [6.07, 6.45) is 0. The number of piperazine rings is 3. The van der Waals surface area contributed by atoms with Crippen LogP contribution in [0.5, 0.6) is 0 Å². The van der Waals surface area contributed by atoms with Crippen LogP contribution >= 0.6 is 24.0 Å². The van der Waals surface area contributed by atoms with Crippen molar-refractivity contribution >= 4 is 29.9 Å². The number of halogens is 1. The van der Waals surface area contributed by atoms with E-state index in [1.54, 1.807) is 14.2 Å². The summed E-state index contributed by atoms with van der Waals surface area (Å²) >= 11 is 0. The van der Waals surface area contributed by atoms with E-state index < -0.39 is 0 Å². The summed E-state index contributed by atoms with van der Waals surface area (Å²) < 4.78 is 5.01. The molecule has 1 unspecified atom stereocenters.